The van der Waals surface area contributed by atoms with Crippen molar-refractivity contribution in [2.75, 3.05) is 18.8 Å². The number of carbonyl (C=O) groups is 1. The predicted molar refractivity (Wildman–Crippen MR) is 79.9 cm³/mol. The van der Waals surface area contributed by atoms with E-state index in [0.29, 0.717) is 10.7 Å². The molecule has 1 fully saturated rings. The van der Waals surface area contributed by atoms with Crippen LogP contribution in [0.2, 0.25) is 5.02 Å². The summed E-state index contributed by atoms with van der Waals surface area (Å²) in [5.74, 6) is 0.796. The minimum absolute atomic E-state index is 0.0698. The van der Waals surface area contributed by atoms with E-state index in [0.717, 1.165) is 37.4 Å². The Morgan fingerprint density at radius 2 is 2.11 bits per heavy atom. The van der Waals surface area contributed by atoms with Crippen molar-refractivity contribution in [2.45, 2.75) is 19.8 Å². The zero-order chi connectivity index (χ0) is 13.8. The van der Waals surface area contributed by atoms with Crippen LogP contribution in [-0.4, -0.2) is 23.9 Å². The third-order valence-corrected chi connectivity index (χ3v) is 3.88. The van der Waals surface area contributed by atoms with Gasteiger partial charge in [-0.05, 0) is 42.5 Å². The molecule has 4 heteroatoms. The smallest absolute Gasteiger partial charge is 0.246 e. The number of nitrogen functional groups attached to an aromatic ring is 1. The van der Waals surface area contributed by atoms with Gasteiger partial charge in [-0.3, -0.25) is 4.79 Å². The van der Waals surface area contributed by atoms with E-state index in [9.17, 15) is 4.79 Å². The summed E-state index contributed by atoms with van der Waals surface area (Å²) in [6.07, 6.45) is 5.58. The third-order valence-electron chi connectivity index (χ3n) is 3.53. The normalized spacial score (nSPS) is 17.1. The Hall–Kier alpha value is -1.48. The summed E-state index contributed by atoms with van der Waals surface area (Å²) in [6.45, 7) is 3.94. The molecule has 0 radical (unpaired) electrons. The molecule has 1 aliphatic rings. The lowest BCUT2D eigenvalue weighted by Gasteiger charge is -2.29. The summed E-state index contributed by atoms with van der Waals surface area (Å²) in [5, 5.41) is 0.536. The van der Waals surface area contributed by atoms with Crippen molar-refractivity contribution in [1.82, 2.24) is 4.90 Å². The van der Waals surface area contributed by atoms with Gasteiger partial charge in [0.05, 0.1) is 10.7 Å². The van der Waals surface area contributed by atoms with Gasteiger partial charge in [0.15, 0.2) is 0 Å². The highest BCUT2D eigenvalue weighted by Crippen LogP contribution is 2.20. The molecule has 2 N–H and O–H groups in total. The minimum atomic E-state index is 0.0698. The van der Waals surface area contributed by atoms with Crippen molar-refractivity contribution >= 4 is 29.3 Å². The molecule has 2 rings (SSSR count). The zero-order valence-corrected chi connectivity index (χ0v) is 11.9. The Morgan fingerprint density at radius 3 is 2.74 bits per heavy atom. The molecule has 102 valence electrons. The van der Waals surface area contributed by atoms with E-state index in [1.165, 1.54) is 0 Å². The van der Waals surface area contributed by atoms with E-state index in [4.69, 9.17) is 17.3 Å². The number of hydrogen-bond acceptors (Lipinski definition) is 2. The molecule has 1 aliphatic heterocycles. The number of likely N-dealkylation sites (tertiary alicyclic amines) is 1. The Kier molecular flexibility index (Phi) is 4.48. The van der Waals surface area contributed by atoms with Gasteiger partial charge in [0.25, 0.3) is 0 Å². The fourth-order valence-electron chi connectivity index (χ4n) is 2.17. The van der Waals surface area contributed by atoms with Crippen LogP contribution in [0.25, 0.3) is 6.08 Å². The average Bonchev–Trinajstić information content (AvgIpc) is 2.40. The van der Waals surface area contributed by atoms with Crippen LogP contribution in [0.4, 0.5) is 5.69 Å². The Balaban J connectivity index is 1.98. The van der Waals surface area contributed by atoms with Gasteiger partial charge in [0.2, 0.25) is 5.91 Å². The quantitative estimate of drug-likeness (QED) is 0.667. The fraction of sp³-hybridized carbons (Fsp3) is 0.400. The number of carbonyl (C=O) groups excluding carboxylic acids is 1. The predicted octanol–water partition coefficient (Wildman–Crippen LogP) is 3.19. The number of anilines is 1. The van der Waals surface area contributed by atoms with Gasteiger partial charge in [-0.2, -0.15) is 0 Å². The summed E-state index contributed by atoms with van der Waals surface area (Å²) < 4.78 is 0. The van der Waals surface area contributed by atoms with Gasteiger partial charge in [-0.1, -0.05) is 24.6 Å². The first-order valence-electron chi connectivity index (χ1n) is 6.58. The first-order valence-corrected chi connectivity index (χ1v) is 6.96. The van der Waals surface area contributed by atoms with Crippen LogP contribution < -0.4 is 5.73 Å². The summed E-state index contributed by atoms with van der Waals surface area (Å²) in [5.41, 5.74) is 7.14. The molecule has 1 saturated heterocycles. The minimum Gasteiger partial charge on any atom is -0.398 e. The lowest BCUT2D eigenvalue weighted by atomic mass is 9.99. The van der Waals surface area contributed by atoms with Gasteiger partial charge >= 0.3 is 0 Å². The molecular weight excluding hydrogens is 260 g/mol. The van der Waals surface area contributed by atoms with Gasteiger partial charge in [-0.15, -0.1) is 0 Å². The Labute approximate surface area is 119 Å². The van der Waals surface area contributed by atoms with Crippen molar-refractivity contribution < 1.29 is 4.79 Å². The maximum absolute atomic E-state index is 12.0. The molecular formula is C15H19ClN2O. The van der Waals surface area contributed by atoms with E-state index in [2.05, 4.69) is 6.92 Å². The van der Waals surface area contributed by atoms with Crippen molar-refractivity contribution in [3.05, 3.63) is 34.9 Å². The largest absolute Gasteiger partial charge is 0.398 e. The van der Waals surface area contributed by atoms with Crippen LogP contribution >= 0.6 is 11.6 Å². The topological polar surface area (TPSA) is 46.3 Å². The first kappa shape index (κ1) is 13.9. The average molecular weight is 279 g/mol. The van der Waals surface area contributed by atoms with Gasteiger partial charge < -0.3 is 10.6 Å². The molecule has 1 amide bonds. The SMILES string of the molecule is CC1CCN(C(=O)/C=C/c2ccc(Cl)c(N)c2)CC1. The number of halogens is 1. The van der Waals surface area contributed by atoms with E-state index >= 15 is 0 Å². The fourth-order valence-corrected chi connectivity index (χ4v) is 2.29. The number of piperidine rings is 1. The van der Waals surface area contributed by atoms with Crippen molar-refractivity contribution in [1.29, 1.82) is 0 Å². The monoisotopic (exact) mass is 278 g/mol. The molecule has 0 spiro atoms. The van der Waals surface area contributed by atoms with Crippen LogP contribution in [0.3, 0.4) is 0 Å². The van der Waals surface area contributed by atoms with Crippen LogP contribution in [-0.2, 0) is 4.79 Å². The van der Waals surface area contributed by atoms with E-state index in [1.54, 1.807) is 24.3 Å². The molecule has 1 aromatic rings. The zero-order valence-electron chi connectivity index (χ0n) is 11.1. The van der Waals surface area contributed by atoms with Crippen LogP contribution in [0.5, 0.6) is 0 Å². The lowest BCUT2D eigenvalue weighted by Crippen LogP contribution is -2.36. The Morgan fingerprint density at radius 1 is 1.42 bits per heavy atom. The molecule has 19 heavy (non-hydrogen) atoms. The summed E-state index contributed by atoms with van der Waals surface area (Å²) >= 11 is 5.85. The van der Waals surface area contributed by atoms with E-state index in [1.807, 2.05) is 11.0 Å². The second-order valence-electron chi connectivity index (χ2n) is 5.12. The standard InChI is InChI=1S/C15H19ClN2O/c1-11-6-8-18(9-7-11)15(19)5-3-12-2-4-13(16)14(17)10-12/h2-5,10-11H,6-9,17H2,1H3/b5-3+. The first-order chi connectivity index (χ1) is 9.06. The maximum Gasteiger partial charge on any atom is 0.246 e. The van der Waals surface area contributed by atoms with Gasteiger partial charge in [0, 0.05) is 19.2 Å². The van der Waals surface area contributed by atoms with Crippen LogP contribution in [0.15, 0.2) is 24.3 Å². The molecule has 3 nitrogen and oxygen atoms in total. The lowest BCUT2D eigenvalue weighted by molar-refractivity contribution is -0.127. The van der Waals surface area contributed by atoms with Gasteiger partial charge in [-0.25, -0.2) is 0 Å². The van der Waals surface area contributed by atoms with E-state index in [-0.39, 0.29) is 5.91 Å². The molecule has 0 aliphatic carbocycles. The summed E-state index contributed by atoms with van der Waals surface area (Å²) in [4.78, 5) is 13.9. The second-order valence-corrected chi connectivity index (χ2v) is 5.53. The van der Waals surface area contributed by atoms with Crippen molar-refractivity contribution in [2.24, 2.45) is 5.92 Å². The number of nitrogens with two attached hydrogens (primary N) is 1. The summed E-state index contributed by atoms with van der Waals surface area (Å²) in [6, 6.07) is 5.36. The second kappa shape index (κ2) is 6.11. The molecule has 0 atom stereocenters. The number of rotatable bonds is 2. The maximum atomic E-state index is 12.0. The number of benzene rings is 1. The number of nitrogens with zero attached hydrogens (tertiary/aromatic N) is 1. The Bertz CT molecular complexity index is 491. The van der Waals surface area contributed by atoms with Crippen LogP contribution in [0, 0.1) is 5.92 Å². The van der Waals surface area contributed by atoms with Crippen molar-refractivity contribution in [3.63, 3.8) is 0 Å². The molecule has 1 aromatic carbocycles. The number of amides is 1. The highest BCUT2D eigenvalue weighted by molar-refractivity contribution is 6.33. The highest BCUT2D eigenvalue weighted by Gasteiger charge is 2.18. The molecule has 0 bridgehead atoms. The molecule has 1 heterocycles. The molecule has 0 unspecified atom stereocenters. The molecule has 0 saturated carbocycles. The highest BCUT2D eigenvalue weighted by atomic mass is 35.5. The number of hydrogen-bond donors (Lipinski definition) is 1. The third kappa shape index (κ3) is 3.74. The van der Waals surface area contributed by atoms with Gasteiger partial charge in [0.1, 0.15) is 0 Å². The van der Waals surface area contributed by atoms with Crippen LogP contribution in [0.1, 0.15) is 25.3 Å². The molecule has 0 aromatic heterocycles. The van der Waals surface area contributed by atoms with Crippen molar-refractivity contribution in [3.8, 4) is 0 Å². The summed E-state index contributed by atoms with van der Waals surface area (Å²) in [7, 11) is 0. The van der Waals surface area contributed by atoms with E-state index < -0.39 is 0 Å².